The van der Waals surface area contributed by atoms with Crippen LogP contribution in [0.2, 0.25) is 0 Å². The lowest BCUT2D eigenvalue weighted by Crippen LogP contribution is -2.31. The molecule has 1 fully saturated rings. The van der Waals surface area contributed by atoms with Gasteiger partial charge in [-0.05, 0) is 60.7 Å². The van der Waals surface area contributed by atoms with E-state index in [0.29, 0.717) is 18.0 Å². The first-order valence-corrected chi connectivity index (χ1v) is 9.02. The number of aryl methyl sites for hydroxylation is 1. The van der Waals surface area contributed by atoms with Crippen LogP contribution in [-0.2, 0) is 5.54 Å². The third-order valence-corrected chi connectivity index (χ3v) is 4.55. The molecule has 1 amide bonds. The Labute approximate surface area is 149 Å². The first kappa shape index (κ1) is 17.9. The zero-order chi connectivity index (χ0) is 18.4. The number of carbonyl (C=O) groups is 1. The van der Waals surface area contributed by atoms with Gasteiger partial charge in [0.25, 0.3) is 5.91 Å². The fourth-order valence-corrected chi connectivity index (χ4v) is 3.03. The number of nitrogens with zero attached hydrogens (tertiary/aromatic N) is 4. The van der Waals surface area contributed by atoms with Crippen LogP contribution in [0.25, 0.3) is 11.0 Å². The summed E-state index contributed by atoms with van der Waals surface area (Å²) in [5.41, 5.74) is 3.24. The smallest absolute Gasteiger partial charge is 0.252 e. The van der Waals surface area contributed by atoms with Gasteiger partial charge in [0, 0.05) is 24.7 Å². The normalized spacial score (nSPS) is 15.2. The summed E-state index contributed by atoms with van der Waals surface area (Å²) in [4.78, 5) is 19.8. The molecule has 3 rings (SSSR count). The topological polar surface area (TPSA) is 63.1 Å². The van der Waals surface area contributed by atoms with Gasteiger partial charge in [0.15, 0.2) is 5.65 Å². The van der Waals surface area contributed by atoms with Crippen molar-refractivity contribution in [3.05, 3.63) is 23.0 Å². The molecular formula is C19H29N5O. The zero-order valence-electron chi connectivity index (χ0n) is 16.2. The molecule has 1 saturated carbocycles. The molecule has 0 aromatic carbocycles. The molecule has 0 unspecified atom stereocenters. The molecule has 2 heterocycles. The van der Waals surface area contributed by atoms with Crippen LogP contribution < -0.4 is 5.32 Å². The van der Waals surface area contributed by atoms with Crippen molar-refractivity contribution in [1.82, 2.24) is 25.0 Å². The Bertz CT molecular complexity index is 796. The minimum Gasteiger partial charge on any atom is -0.351 e. The Morgan fingerprint density at radius 3 is 2.60 bits per heavy atom. The summed E-state index contributed by atoms with van der Waals surface area (Å²) in [6.45, 7) is 9.74. The van der Waals surface area contributed by atoms with Crippen molar-refractivity contribution in [3.63, 3.8) is 0 Å². The van der Waals surface area contributed by atoms with E-state index in [-0.39, 0.29) is 11.4 Å². The molecule has 25 heavy (non-hydrogen) atoms. The number of likely N-dealkylation sites (N-methyl/N-ethyl adjacent to an activating group) is 1. The quantitative estimate of drug-likeness (QED) is 0.906. The van der Waals surface area contributed by atoms with Crippen LogP contribution in [0, 0.1) is 6.92 Å². The summed E-state index contributed by atoms with van der Waals surface area (Å²) in [5, 5.41) is 8.61. The predicted octanol–water partition coefficient (Wildman–Crippen LogP) is 2.66. The highest BCUT2D eigenvalue weighted by Gasteiger charge is 2.30. The van der Waals surface area contributed by atoms with E-state index >= 15 is 0 Å². The number of carbonyl (C=O) groups excluding carboxylic acids is 1. The summed E-state index contributed by atoms with van der Waals surface area (Å²) in [6.07, 6.45) is 2.31. The lowest BCUT2D eigenvalue weighted by molar-refractivity contribution is 0.0952. The molecule has 0 saturated heterocycles. The Kier molecular flexibility index (Phi) is 4.58. The fraction of sp³-hybridized carbons (Fsp3) is 0.632. The van der Waals surface area contributed by atoms with Crippen LogP contribution in [0.3, 0.4) is 0 Å². The second-order valence-corrected chi connectivity index (χ2v) is 8.29. The predicted molar refractivity (Wildman–Crippen MR) is 100 cm³/mol. The minimum absolute atomic E-state index is 0.0345. The van der Waals surface area contributed by atoms with E-state index < -0.39 is 0 Å². The van der Waals surface area contributed by atoms with Crippen LogP contribution in [-0.4, -0.2) is 52.8 Å². The SMILES string of the molecule is Cc1nn(C(C)(C)C)c2nc(C3CC3)cc(C(=O)NCCN(C)C)c12. The number of pyridine rings is 1. The Morgan fingerprint density at radius 1 is 1.36 bits per heavy atom. The highest BCUT2D eigenvalue weighted by molar-refractivity contribution is 6.06. The molecule has 1 aliphatic rings. The Balaban J connectivity index is 2.07. The maximum Gasteiger partial charge on any atom is 0.252 e. The number of amides is 1. The third kappa shape index (κ3) is 3.68. The van der Waals surface area contributed by atoms with E-state index in [0.717, 1.165) is 41.8 Å². The lowest BCUT2D eigenvalue weighted by atomic mass is 10.1. The summed E-state index contributed by atoms with van der Waals surface area (Å²) in [5.74, 6) is 0.453. The van der Waals surface area contributed by atoms with Gasteiger partial charge in [-0.15, -0.1) is 0 Å². The van der Waals surface area contributed by atoms with Crippen molar-refractivity contribution in [2.24, 2.45) is 0 Å². The molecule has 6 heteroatoms. The molecule has 0 atom stereocenters. The lowest BCUT2D eigenvalue weighted by Gasteiger charge is -2.20. The molecule has 0 aliphatic heterocycles. The van der Waals surface area contributed by atoms with Crippen LogP contribution in [0.1, 0.15) is 61.3 Å². The molecule has 0 bridgehead atoms. The highest BCUT2D eigenvalue weighted by Crippen LogP contribution is 2.40. The first-order chi connectivity index (χ1) is 11.7. The van der Waals surface area contributed by atoms with Crippen molar-refractivity contribution in [2.75, 3.05) is 27.2 Å². The number of nitrogens with one attached hydrogen (secondary N) is 1. The van der Waals surface area contributed by atoms with Gasteiger partial charge in [0.2, 0.25) is 0 Å². The van der Waals surface area contributed by atoms with Gasteiger partial charge in [-0.25, -0.2) is 9.67 Å². The summed E-state index contributed by atoms with van der Waals surface area (Å²) >= 11 is 0. The van der Waals surface area contributed by atoms with Crippen LogP contribution in [0.4, 0.5) is 0 Å². The van der Waals surface area contributed by atoms with Crippen molar-refractivity contribution in [3.8, 4) is 0 Å². The standard InChI is InChI=1S/C19H29N5O/c1-12-16-14(18(25)20-9-10-23(5)6)11-15(13-7-8-13)21-17(16)24(22-12)19(2,3)4/h11,13H,7-10H2,1-6H3,(H,20,25). The van der Waals surface area contributed by atoms with E-state index in [1.165, 1.54) is 0 Å². The largest absolute Gasteiger partial charge is 0.351 e. The number of hydrogen-bond donors (Lipinski definition) is 1. The second kappa shape index (κ2) is 6.41. The van der Waals surface area contributed by atoms with E-state index in [2.05, 4.69) is 31.0 Å². The first-order valence-electron chi connectivity index (χ1n) is 9.02. The number of hydrogen-bond acceptors (Lipinski definition) is 4. The maximum absolute atomic E-state index is 12.9. The summed E-state index contributed by atoms with van der Waals surface area (Å²) in [6, 6.07) is 1.98. The van der Waals surface area contributed by atoms with Gasteiger partial charge >= 0.3 is 0 Å². The second-order valence-electron chi connectivity index (χ2n) is 8.29. The van der Waals surface area contributed by atoms with E-state index in [1.807, 2.05) is 31.8 Å². The maximum atomic E-state index is 12.9. The van der Waals surface area contributed by atoms with Crippen LogP contribution >= 0.6 is 0 Å². The van der Waals surface area contributed by atoms with Crippen molar-refractivity contribution >= 4 is 16.9 Å². The van der Waals surface area contributed by atoms with Gasteiger partial charge in [-0.3, -0.25) is 4.79 Å². The zero-order valence-corrected chi connectivity index (χ0v) is 16.2. The molecule has 2 aromatic heterocycles. The fourth-order valence-electron chi connectivity index (χ4n) is 3.03. The molecule has 6 nitrogen and oxygen atoms in total. The van der Waals surface area contributed by atoms with Gasteiger partial charge in [0.05, 0.1) is 22.2 Å². The average molecular weight is 343 g/mol. The van der Waals surface area contributed by atoms with Crippen LogP contribution in [0.5, 0.6) is 0 Å². The van der Waals surface area contributed by atoms with Gasteiger partial charge in [-0.1, -0.05) is 0 Å². The van der Waals surface area contributed by atoms with Crippen LogP contribution in [0.15, 0.2) is 6.07 Å². The summed E-state index contributed by atoms with van der Waals surface area (Å²) in [7, 11) is 4.00. The number of aromatic nitrogens is 3. The number of fused-ring (bicyclic) bond motifs is 1. The third-order valence-electron chi connectivity index (χ3n) is 4.55. The molecule has 0 radical (unpaired) electrons. The van der Waals surface area contributed by atoms with E-state index in [4.69, 9.17) is 10.1 Å². The van der Waals surface area contributed by atoms with Crippen molar-refractivity contribution in [1.29, 1.82) is 0 Å². The van der Waals surface area contributed by atoms with E-state index in [1.54, 1.807) is 0 Å². The molecular weight excluding hydrogens is 314 g/mol. The molecule has 136 valence electrons. The minimum atomic E-state index is -0.180. The van der Waals surface area contributed by atoms with Gasteiger partial charge < -0.3 is 10.2 Å². The molecule has 1 N–H and O–H groups in total. The van der Waals surface area contributed by atoms with Gasteiger partial charge in [0.1, 0.15) is 0 Å². The Hall–Kier alpha value is -1.95. The highest BCUT2D eigenvalue weighted by atomic mass is 16.1. The Morgan fingerprint density at radius 2 is 2.04 bits per heavy atom. The molecule has 2 aromatic rings. The molecule has 0 spiro atoms. The summed E-state index contributed by atoms with van der Waals surface area (Å²) < 4.78 is 1.96. The van der Waals surface area contributed by atoms with Gasteiger partial charge in [-0.2, -0.15) is 5.10 Å². The molecule has 1 aliphatic carbocycles. The van der Waals surface area contributed by atoms with Crippen molar-refractivity contribution in [2.45, 2.75) is 52.0 Å². The average Bonchev–Trinajstić information content (AvgIpc) is 3.29. The monoisotopic (exact) mass is 343 g/mol. The van der Waals surface area contributed by atoms with E-state index in [9.17, 15) is 4.79 Å². The number of rotatable bonds is 5. The van der Waals surface area contributed by atoms with Crippen molar-refractivity contribution < 1.29 is 4.79 Å².